The standard InChI is InChI=1S/C29H37NO3/c1-7-33-28(32)24-14-16-25(17-15-24)30-27(31)20-22(3)11-8-10-21(2)13-18-26-23(4)12-9-19-29(26,5)6/h8,10-11,13-18,20H,7,9,12,19H2,1-6H3,(H,30,31)/b11-8+,18-13-,21-10-,22-20-. The van der Waals surface area contributed by atoms with E-state index in [0.29, 0.717) is 17.9 Å². The highest BCUT2D eigenvalue weighted by atomic mass is 16.5. The van der Waals surface area contributed by atoms with Gasteiger partial charge in [0.1, 0.15) is 0 Å². The number of anilines is 1. The average molecular weight is 448 g/mol. The first kappa shape index (κ1) is 26.1. The molecule has 0 saturated heterocycles. The van der Waals surface area contributed by atoms with Crippen molar-refractivity contribution in [3.8, 4) is 0 Å². The van der Waals surface area contributed by atoms with Gasteiger partial charge in [-0.3, -0.25) is 4.79 Å². The van der Waals surface area contributed by atoms with Crippen LogP contribution >= 0.6 is 0 Å². The zero-order valence-electron chi connectivity index (χ0n) is 20.8. The Bertz CT molecular complexity index is 1000. The maximum absolute atomic E-state index is 12.3. The molecular formula is C29H37NO3. The van der Waals surface area contributed by atoms with Gasteiger partial charge in [0.2, 0.25) is 5.91 Å². The molecule has 1 aliphatic rings. The van der Waals surface area contributed by atoms with Crippen molar-refractivity contribution in [2.75, 3.05) is 11.9 Å². The first-order valence-electron chi connectivity index (χ1n) is 11.6. The second-order valence-electron chi connectivity index (χ2n) is 9.21. The summed E-state index contributed by atoms with van der Waals surface area (Å²) in [5.74, 6) is -0.590. The van der Waals surface area contributed by atoms with Crippen molar-refractivity contribution in [3.63, 3.8) is 0 Å². The summed E-state index contributed by atoms with van der Waals surface area (Å²) >= 11 is 0. The molecule has 1 aromatic rings. The van der Waals surface area contributed by atoms with Gasteiger partial charge in [0.05, 0.1) is 12.2 Å². The Hall–Kier alpha value is -3.14. The highest BCUT2D eigenvalue weighted by Gasteiger charge is 2.26. The van der Waals surface area contributed by atoms with Crippen molar-refractivity contribution in [1.82, 2.24) is 0 Å². The Balaban J connectivity index is 1.94. The predicted octanol–water partition coefficient (Wildman–Crippen LogP) is 7.33. The molecule has 176 valence electrons. The van der Waals surface area contributed by atoms with Crippen molar-refractivity contribution < 1.29 is 14.3 Å². The van der Waals surface area contributed by atoms with Gasteiger partial charge in [-0.25, -0.2) is 4.79 Å². The number of allylic oxidation sites excluding steroid dienone is 9. The minimum atomic E-state index is -0.372. The number of carbonyl (C=O) groups is 2. The molecule has 1 amide bonds. The maximum Gasteiger partial charge on any atom is 0.338 e. The third kappa shape index (κ3) is 8.38. The first-order valence-corrected chi connectivity index (χ1v) is 11.6. The maximum atomic E-state index is 12.3. The molecular weight excluding hydrogens is 410 g/mol. The summed E-state index contributed by atoms with van der Waals surface area (Å²) in [6, 6.07) is 6.65. The summed E-state index contributed by atoms with van der Waals surface area (Å²) in [4.78, 5) is 24.0. The van der Waals surface area contributed by atoms with E-state index in [1.165, 1.54) is 30.4 Å². The van der Waals surface area contributed by atoms with Gasteiger partial charge >= 0.3 is 5.97 Å². The molecule has 0 aliphatic heterocycles. The molecule has 0 bridgehead atoms. The zero-order chi connectivity index (χ0) is 24.4. The predicted molar refractivity (Wildman–Crippen MR) is 137 cm³/mol. The number of hydrogen-bond acceptors (Lipinski definition) is 3. The molecule has 2 rings (SSSR count). The molecule has 0 spiro atoms. The van der Waals surface area contributed by atoms with E-state index in [-0.39, 0.29) is 17.3 Å². The number of benzene rings is 1. The zero-order valence-corrected chi connectivity index (χ0v) is 20.8. The lowest BCUT2D eigenvalue weighted by molar-refractivity contribution is -0.111. The number of carbonyl (C=O) groups excluding carboxylic acids is 2. The van der Waals surface area contributed by atoms with E-state index in [9.17, 15) is 9.59 Å². The van der Waals surface area contributed by atoms with Gasteiger partial charge < -0.3 is 10.1 Å². The lowest BCUT2D eigenvalue weighted by Gasteiger charge is -2.32. The second-order valence-corrected chi connectivity index (χ2v) is 9.21. The first-order chi connectivity index (χ1) is 15.6. The van der Waals surface area contributed by atoms with Crippen LogP contribution in [0.3, 0.4) is 0 Å². The monoisotopic (exact) mass is 447 g/mol. The van der Waals surface area contributed by atoms with Crippen molar-refractivity contribution in [1.29, 1.82) is 0 Å². The number of nitrogens with one attached hydrogen (secondary N) is 1. The van der Waals surface area contributed by atoms with Crippen molar-refractivity contribution in [2.24, 2.45) is 5.41 Å². The normalized spacial score (nSPS) is 17.0. The van der Waals surface area contributed by atoms with Crippen molar-refractivity contribution in [3.05, 3.63) is 88.6 Å². The van der Waals surface area contributed by atoms with E-state index < -0.39 is 0 Å². The van der Waals surface area contributed by atoms with Crippen LogP contribution in [0.1, 0.15) is 71.2 Å². The number of esters is 1. The van der Waals surface area contributed by atoms with E-state index in [2.05, 4.69) is 45.2 Å². The molecule has 33 heavy (non-hydrogen) atoms. The van der Waals surface area contributed by atoms with Gasteiger partial charge in [0, 0.05) is 11.8 Å². The highest BCUT2D eigenvalue weighted by molar-refractivity contribution is 6.00. The van der Waals surface area contributed by atoms with Crippen molar-refractivity contribution >= 4 is 17.6 Å². The molecule has 0 atom stereocenters. The fourth-order valence-corrected chi connectivity index (χ4v) is 3.97. The number of rotatable bonds is 8. The van der Waals surface area contributed by atoms with Crippen LogP contribution < -0.4 is 5.32 Å². The Kier molecular flexibility index (Phi) is 9.65. The number of hydrogen-bond donors (Lipinski definition) is 1. The lowest BCUT2D eigenvalue weighted by atomic mass is 9.72. The van der Waals surface area contributed by atoms with E-state index >= 15 is 0 Å². The van der Waals surface area contributed by atoms with Gasteiger partial charge in [0.25, 0.3) is 0 Å². The molecule has 4 heteroatoms. The average Bonchev–Trinajstić information content (AvgIpc) is 2.73. The topological polar surface area (TPSA) is 55.4 Å². The van der Waals surface area contributed by atoms with E-state index in [4.69, 9.17) is 4.74 Å². The molecule has 1 N–H and O–H groups in total. The third-order valence-electron chi connectivity index (χ3n) is 5.80. The fraction of sp³-hybridized carbons (Fsp3) is 0.379. The molecule has 0 saturated carbocycles. The van der Waals surface area contributed by atoms with Gasteiger partial charge in [-0.05, 0) is 87.8 Å². The largest absolute Gasteiger partial charge is 0.462 e. The minimum Gasteiger partial charge on any atom is -0.462 e. The van der Waals surface area contributed by atoms with Crippen LogP contribution in [0.4, 0.5) is 5.69 Å². The Morgan fingerprint density at radius 1 is 1.09 bits per heavy atom. The second kappa shape index (κ2) is 12.2. The minimum absolute atomic E-state index is 0.219. The SMILES string of the molecule is CCOC(=O)c1ccc(NC(=O)\C=C(C)/C=C/C=C(C)\C=C/C2=C(C)CCCC2(C)C)cc1. The number of ether oxygens (including phenoxy) is 1. The van der Waals surface area contributed by atoms with Crippen LogP contribution in [0.5, 0.6) is 0 Å². The third-order valence-corrected chi connectivity index (χ3v) is 5.80. The van der Waals surface area contributed by atoms with Gasteiger partial charge in [0.15, 0.2) is 0 Å². The Morgan fingerprint density at radius 3 is 2.42 bits per heavy atom. The molecule has 0 fully saturated rings. The molecule has 0 aromatic heterocycles. The lowest BCUT2D eigenvalue weighted by Crippen LogP contribution is -2.19. The molecule has 4 nitrogen and oxygen atoms in total. The Labute approximate surface area is 198 Å². The number of amides is 1. The summed E-state index contributed by atoms with van der Waals surface area (Å²) in [7, 11) is 0. The molecule has 1 aromatic carbocycles. The van der Waals surface area contributed by atoms with Crippen LogP contribution in [0.25, 0.3) is 0 Å². The van der Waals surface area contributed by atoms with Gasteiger partial charge in [-0.2, -0.15) is 0 Å². The van der Waals surface area contributed by atoms with E-state index in [1.807, 2.05) is 25.2 Å². The van der Waals surface area contributed by atoms with E-state index in [0.717, 1.165) is 11.1 Å². The molecule has 0 unspecified atom stereocenters. The molecule has 1 aliphatic carbocycles. The van der Waals surface area contributed by atoms with Crippen molar-refractivity contribution in [2.45, 2.75) is 60.8 Å². The van der Waals surface area contributed by atoms with Gasteiger partial charge in [-0.1, -0.05) is 55.4 Å². The summed E-state index contributed by atoms with van der Waals surface area (Å²) in [6.45, 7) is 12.9. The quantitative estimate of drug-likeness (QED) is 0.258. The van der Waals surface area contributed by atoms with Crippen LogP contribution in [0.2, 0.25) is 0 Å². The molecule has 0 heterocycles. The summed E-state index contributed by atoms with van der Waals surface area (Å²) in [5, 5.41) is 2.81. The molecule has 0 radical (unpaired) electrons. The van der Waals surface area contributed by atoms with Crippen LogP contribution in [0.15, 0.2) is 83.0 Å². The van der Waals surface area contributed by atoms with E-state index in [1.54, 1.807) is 37.3 Å². The Morgan fingerprint density at radius 2 is 1.79 bits per heavy atom. The van der Waals surface area contributed by atoms with Crippen LogP contribution in [-0.4, -0.2) is 18.5 Å². The summed E-state index contributed by atoms with van der Waals surface area (Å²) in [6.07, 6.45) is 15.6. The van der Waals surface area contributed by atoms with Crippen LogP contribution in [0, 0.1) is 5.41 Å². The summed E-state index contributed by atoms with van der Waals surface area (Å²) < 4.78 is 4.96. The smallest absolute Gasteiger partial charge is 0.338 e. The fourth-order valence-electron chi connectivity index (χ4n) is 3.97. The summed E-state index contributed by atoms with van der Waals surface area (Å²) in [5.41, 5.74) is 6.26. The van der Waals surface area contributed by atoms with Gasteiger partial charge in [-0.15, -0.1) is 0 Å². The van der Waals surface area contributed by atoms with Crippen LogP contribution in [-0.2, 0) is 9.53 Å². The highest BCUT2D eigenvalue weighted by Crippen LogP contribution is 2.40.